The second-order valence-corrected chi connectivity index (χ2v) is 6.04. The first-order valence-electron chi connectivity index (χ1n) is 8.11. The molecule has 20 heavy (non-hydrogen) atoms. The van der Waals surface area contributed by atoms with Crippen LogP contribution in [-0.4, -0.2) is 55.2 Å². The molecule has 1 amide bonds. The number of nitrogens with one attached hydrogen (secondary N) is 1. The van der Waals surface area contributed by atoms with Gasteiger partial charge in [-0.3, -0.25) is 4.79 Å². The number of hydrogen-bond acceptors (Lipinski definition) is 4. The standard InChI is InChI=1S/C15H29N3O2/c1-2-3-8-18-9-6-12(7-10-18)17-15(19)14-5-4-13(11-16)20-14/h12-14H,2-11,16H2,1H3,(H,17,19)/t13-,14+/m1/s1. The van der Waals surface area contributed by atoms with Crippen molar-refractivity contribution in [1.29, 1.82) is 0 Å². The zero-order chi connectivity index (χ0) is 14.4. The molecule has 2 heterocycles. The molecule has 0 spiro atoms. The average molecular weight is 283 g/mol. The lowest BCUT2D eigenvalue weighted by Gasteiger charge is -2.32. The van der Waals surface area contributed by atoms with E-state index in [2.05, 4.69) is 17.1 Å². The van der Waals surface area contributed by atoms with E-state index in [1.54, 1.807) is 0 Å². The molecule has 0 bridgehead atoms. The fourth-order valence-electron chi connectivity index (χ4n) is 3.05. The average Bonchev–Trinajstić information content (AvgIpc) is 2.95. The summed E-state index contributed by atoms with van der Waals surface area (Å²) in [6.45, 7) is 6.13. The zero-order valence-electron chi connectivity index (χ0n) is 12.6. The first-order chi connectivity index (χ1) is 9.72. The van der Waals surface area contributed by atoms with E-state index in [1.165, 1.54) is 19.4 Å². The van der Waals surface area contributed by atoms with E-state index in [-0.39, 0.29) is 18.1 Å². The molecule has 5 heteroatoms. The van der Waals surface area contributed by atoms with Crippen LogP contribution < -0.4 is 11.1 Å². The van der Waals surface area contributed by atoms with Crippen LogP contribution in [0.1, 0.15) is 45.4 Å². The van der Waals surface area contributed by atoms with E-state index < -0.39 is 0 Å². The summed E-state index contributed by atoms with van der Waals surface area (Å²) in [4.78, 5) is 14.6. The van der Waals surface area contributed by atoms with E-state index >= 15 is 0 Å². The lowest BCUT2D eigenvalue weighted by Crippen LogP contribution is -2.47. The van der Waals surface area contributed by atoms with Crippen molar-refractivity contribution in [2.75, 3.05) is 26.2 Å². The Morgan fingerprint density at radius 1 is 1.30 bits per heavy atom. The van der Waals surface area contributed by atoms with Crippen molar-refractivity contribution in [3.8, 4) is 0 Å². The van der Waals surface area contributed by atoms with Crippen molar-refractivity contribution >= 4 is 5.91 Å². The quantitative estimate of drug-likeness (QED) is 0.759. The molecule has 2 fully saturated rings. The maximum Gasteiger partial charge on any atom is 0.249 e. The van der Waals surface area contributed by atoms with Crippen LogP contribution in [0.5, 0.6) is 0 Å². The molecule has 116 valence electrons. The van der Waals surface area contributed by atoms with Gasteiger partial charge in [0, 0.05) is 25.7 Å². The summed E-state index contributed by atoms with van der Waals surface area (Å²) in [5.41, 5.74) is 5.57. The third kappa shape index (κ3) is 4.43. The summed E-state index contributed by atoms with van der Waals surface area (Å²) in [5, 5.41) is 3.15. The van der Waals surface area contributed by atoms with E-state index in [9.17, 15) is 4.79 Å². The van der Waals surface area contributed by atoms with Crippen molar-refractivity contribution in [3.05, 3.63) is 0 Å². The molecule has 0 aromatic rings. The van der Waals surface area contributed by atoms with Crippen molar-refractivity contribution < 1.29 is 9.53 Å². The Kier molecular flexibility index (Phi) is 6.26. The summed E-state index contributed by atoms with van der Waals surface area (Å²) in [6.07, 6.45) is 6.15. The minimum absolute atomic E-state index is 0.0629. The Labute approximate surface area is 122 Å². The van der Waals surface area contributed by atoms with Crippen molar-refractivity contribution in [1.82, 2.24) is 10.2 Å². The fourth-order valence-corrected chi connectivity index (χ4v) is 3.05. The molecule has 3 N–H and O–H groups in total. The van der Waals surface area contributed by atoms with Crippen molar-refractivity contribution in [3.63, 3.8) is 0 Å². The van der Waals surface area contributed by atoms with Gasteiger partial charge in [0.2, 0.25) is 5.91 Å². The molecule has 0 unspecified atom stereocenters. The monoisotopic (exact) mass is 283 g/mol. The van der Waals surface area contributed by atoms with Gasteiger partial charge in [0.1, 0.15) is 6.10 Å². The number of piperidine rings is 1. The summed E-state index contributed by atoms with van der Waals surface area (Å²) in [7, 11) is 0. The zero-order valence-corrected chi connectivity index (χ0v) is 12.6. The first-order valence-corrected chi connectivity index (χ1v) is 8.11. The van der Waals surface area contributed by atoms with Gasteiger partial charge in [-0.15, -0.1) is 0 Å². The number of rotatable bonds is 6. The molecule has 2 aliphatic rings. The fraction of sp³-hybridized carbons (Fsp3) is 0.933. The SMILES string of the molecule is CCCCN1CCC(NC(=O)[C@@H]2CC[C@H](CN)O2)CC1. The van der Waals surface area contributed by atoms with Gasteiger partial charge in [0.25, 0.3) is 0 Å². The number of nitrogens with two attached hydrogens (primary N) is 1. The second-order valence-electron chi connectivity index (χ2n) is 6.04. The maximum atomic E-state index is 12.1. The second kappa shape index (κ2) is 7.96. The third-order valence-electron chi connectivity index (χ3n) is 4.42. The molecule has 0 radical (unpaired) electrons. The molecule has 2 atom stereocenters. The van der Waals surface area contributed by atoms with Gasteiger partial charge in [-0.05, 0) is 38.6 Å². The van der Waals surface area contributed by atoms with Gasteiger partial charge in [-0.2, -0.15) is 0 Å². The van der Waals surface area contributed by atoms with Crippen LogP contribution in [0.3, 0.4) is 0 Å². The normalized spacial score (nSPS) is 28.7. The Morgan fingerprint density at radius 3 is 2.65 bits per heavy atom. The number of ether oxygens (including phenoxy) is 1. The van der Waals surface area contributed by atoms with Crippen LogP contribution >= 0.6 is 0 Å². The van der Waals surface area contributed by atoms with Crippen LogP contribution in [0.15, 0.2) is 0 Å². The molecule has 0 aromatic heterocycles. The van der Waals surface area contributed by atoms with E-state index in [0.717, 1.165) is 38.8 Å². The van der Waals surface area contributed by atoms with Crippen molar-refractivity contribution in [2.24, 2.45) is 5.73 Å². The summed E-state index contributed by atoms with van der Waals surface area (Å²) in [5.74, 6) is 0.0629. The number of carbonyl (C=O) groups is 1. The lowest BCUT2D eigenvalue weighted by atomic mass is 10.0. The number of likely N-dealkylation sites (tertiary alicyclic amines) is 1. The Hall–Kier alpha value is -0.650. The molecule has 5 nitrogen and oxygen atoms in total. The molecule has 2 saturated heterocycles. The highest BCUT2D eigenvalue weighted by molar-refractivity contribution is 5.81. The van der Waals surface area contributed by atoms with E-state index in [4.69, 9.17) is 10.5 Å². The highest BCUT2D eigenvalue weighted by Crippen LogP contribution is 2.20. The van der Waals surface area contributed by atoms with Gasteiger partial charge in [-0.25, -0.2) is 0 Å². The molecule has 0 saturated carbocycles. The Morgan fingerprint density at radius 2 is 2.05 bits per heavy atom. The van der Waals surface area contributed by atoms with Gasteiger partial charge in [-0.1, -0.05) is 13.3 Å². The first kappa shape index (κ1) is 15.7. The van der Waals surface area contributed by atoms with Gasteiger partial charge in [0.05, 0.1) is 6.10 Å². The molecule has 2 aliphatic heterocycles. The maximum absolute atomic E-state index is 12.1. The van der Waals surface area contributed by atoms with Crippen LogP contribution in [0.4, 0.5) is 0 Å². The van der Waals surface area contributed by atoms with Crippen LogP contribution in [0.25, 0.3) is 0 Å². The number of hydrogen-bond donors (Lipinski definition) is 2. The highest BCUT2D eigenvalue weighted by Gasteiger charge is 2.31. The van der Waals surface area contributed by atoms with Gasteiger partial charge < -0.3 is 20.7 Å². The van der Waals surface area contributed by atoms with Crippen LogP contribution in [0.2, 0.25) is 0 Å². The number of unbranched alkanes of at least 4 members (excludes halogenated alkanes) is 1. The summed E-state index contributed by atoms with van der Waals surface area (Å²) < 4.78 is 5.64. The number of amides is 1. The minimum Gasteiger partial charge on any atom is -0.364 e. The molecule has 2 rings (SSSR count). The van der Waals surface area contributed by atoms with Gasteiger partial charge in [0.15, 0.2) is 0 Å². The highest BCUT2D eigenvalue weighted by atomic mass is 16.5. The molecular formula is C15H29N3O2. The number of nitrogens with zero attached hydrogens (tertiary/aromatic N) is 1. The predicted octanol–water partition coefficient (Wildman–Crippen LogP) is 0.873. The summed E-state index contributed by atoms with van der Waals surface area (Å²) in [6, 6.07) is 0.320. The van der Waals surface area contributed by atoms with Crippen molar-refractivity contribution in [2.45, 2.75) is 63.7 Å². The molecule has 0 aromatic carbocycles. The number of carbonyl (C=O) groups excluding carboxylic acids is 1. The summed E-state index contributed by atoms with van der Waals surface area (Å²) >= 11 is 0. The Balaban J connectivity index is 1.66. The smallest absolute Gasteiger partial charge is 0.249 e. The third-order valence-corrected chi connectivity index (χ3v) is 4.42. The predicted molar refractivity (Wildman–Crippen MR) is 79.5 cm³/mol. The molecule has 0 aliphatic carbocycles. The largest absolute Gasteiger partial charge is 0.364 e. The minimum atomic E-state index is -0.276. The lowest BCUT2D eigenvalue weighted by molar-refractivity contribution is -0.132. The van der Waals surface area contributed by atoms with E-state index in [1.807, 2.05) is 0 Å². The topological polar surface area (TPSA) is 67.6 Å². The van der Waals surface area contributed by atoms with Gasteiger partial charge >= 0.3 is 0 Å². The van der Waals surface area contributed by atoms with Crippen LogP contribution in [-0.2, 0) is 9.53 Å². The molecular weight excluding hydrogens is 254 g/mol. The van der Waals surface area contributed by atoms with Crippen LogP contribution in [0, 0.1) is 0 Å². The Bertz CT molecular complexity index is 303. The van der Waals surface area contributed by atoms with E-state index in [0.29, 0.717) is 12.6 Å².